The average molecular weight is 420 g/mol. The van der Waals surface area contributed by atoms with Crippen LogP contribution in [0, 0.1) is 10.1 Å². The largest absolute Gasteiger partial charge is 0.378 e. The maximum atomic E-state index is 10.9. The van der Waals surface area contributed by atoms with Crippen LogP contribution in [0.1, 0.15) is 5.56 Å². The molecule has 2 aromatic carbocycles. The minimum atomic E-state index is -0.448. The van der Waals surface area contributed by atoms with Gasteiger partial charge in [-0.2, -0.15) is 20.1 Å². The van der Waals surface area contributed by atoms with E-state index < -0.39 is 4.92 Å². The van der Waals surface area contributed by atoms with Crippen molar-refractivity contribution in [2.24, 2.45) is 5.10 Å². The summed E-state index contributed by atoms with van der Waals surface area (Å²) in [7, 11) is 0. The second kappa shape index (κ2) is 9.59. The quantitative estimate of drug-likeness (QED) is 0.336. The van der Waals surface area contributed by atoms with Crippen molar-refractivity contribution >= 4 is 35.4 Å². The minimum Gasteiger partial charge on any atom is -0.378 e. The highest BCUT2D eigenvalue weighted by Gasteiger charge is 2.17. The van der Waals surface area contributed by atoms with E-state index >= 15 is 0 Å². The molecular formula is C20H20N8O3. The van der Waals surface area contributed by atoms with E-state index in [1.165, 1.54) is 12.1 Å². The van der Waals surface area contributed by atoms with Crippen LogP contribution in [-0.2, 0) is 4.74 Å². The number of nitrogens with zero attached hydrogens (tertiary/aromatic N) is 6. The second-order valence-corrected chi connectivity index (χ2v) is 6.59. The van der Waals surface area contributed by atoms with Crippen LogP contribution in [0.3, 0.4) is 0 Å². The van der Waals surface area contributed by atoms with E-state index in [0.717, 1.165) is 5.56 Å². The van der Waals surface area contributed by atoms with Gasteiger partial charge in [-0.15, -0.1) is 0 Å². The number of aromatic nitrogens is 3. The van der Waals surface area contributed by atoms with Gasteiger partial charge >= 0.3 is 0 Å². The van der Waals surface area contributed by atoms with E-state index in [-0.39, 0.29) is 11.6 Å². The monoisotopic (exact) mass is 420 g/mol. The van der Waals surface area contributed by atoms with Crippen LogP contribution in [-0.4, -0.2) is 52.4 Å². The number of ether oxygens (including phenoxy) is 1. The number of morpholine rings is 1. The van der Waals surface area contributed by atoms with Crippen LogP contribution in [0.15, 0.2) is 59.7 Å². The smallest absolute Gasteiger partial charge is 0.269 e. The van der Waals surface area contributed by atoms with Gasteiger partial charge in [0.25, 0.3) is 5.69 Å². The standard InChI is InChI=1S/C20H20N8O3/c29-28(30)17-8-6-16(7-9-17)22-18-23-19(26-21-14-15-4-2-1-3-5-15)25-20(24-18)27-10-12-31-13-11-27/h1-9,14H,10-13H2,(H2,22,23,24,25,26)/b21-14-. The number of nitro groups is 1. The molecule has 1 aliphatic rings. The number of rotatable bonds is 7. The van der Waals surface area contributed by atoms with E-state index in [2.05, 4.69) is 30.8 Å². The van der Waals surface area contributed by atoms with Crippen LogP contribution in [0.5, 0.6) is 0 Å². The first-order valence-electron chi connectivity index (χ1n) is 9.62. The molecule has 2 heterocycles. The number of benzene rings is 2. The van der Waals surface area contributed by atoms with Crippen molar-refractivity contribution in [2.45, 2.75) is 0 Å². The number of anilines is 4. The second-order valence-electron chi connectivity index (χ2n) is 6.59. The Bertz CT molecular complexity index is 1050. The predicted octanol–water partition coefficient (Wildman–Crippen LogP) is 2.81. The maximum Gasteiger partial charge on any atom is 0.269 e. The third-order valence-electron chi connectivity index (χ3n) is 4.43. The summed E-state index contributed by atoms with van der Waals surface area (Å²) in [6.45, 7) is 2.50. The Labute approximate surface area is 178 Å². The van der Waals surface area contributed by atoms with E-state index in [1.54, 1.807) is 18.3 Å². The van der Waals surface area contributed by atoms with Gasteiger partial charge in [0, 0.05) is 30.9 Å². The van der Waals surface area contributed by atoms with Gasteiger partial charge < -0.3 is 15.0 Å². The van der Waals surface area contributed by atoms with Crippen LogP contribution >= 0.6 is 0 Å². The third kappa shape index (κ3) is 5.48. The summed E-state index contributed by atoms with van der Waals surface area (Å²) < 4.78 is 5.40. The highest BCUT2D eigenvalue weighted by Crippen LogP contribution is 2.21. The Balaban J connectivity index is 1.56. The van der Waals surface area contributed by atoms with Gasteiger partial charge in [0.05, 0.1) is 24.4 Å². The minimum absolute atomic E-state index is 0.00723. The molecule has 3 aromatic rings. The molecule has 0 unspecified atom stereocenters. The van der Waals surface area contributed by atoms with Crippen LogP contribution in [0.25, 0.3) is 0 Å². The number of hydrogen-bond acceptors (Lipinski definition) is 10. The predicted molar refractivity (Wildman–Crippen MR) is 117 cm³/mol. The first-order valence-corrected chi connectivity index (χ1v) is 9.62. The summed E-state index contributed by atoms with van der Waals surface area (Å²) >= 11 is 0. The number of nitrogens with one attached hydrogen (secondary N) is 2. The van der Waals surface area contributed by atoms with Gasteiger partial charge in [0.15, 0.2) is 0 Å². The molecule has 0 bridgehead atoms. The fourth-order valence-electron chi connectivity index (χ4n) is 2.87. The lowest BCUT2D eigenvalue weighted by atomic mass is 10.2. The molecule has 1 fully saturated rings. The lowest BCUT2D eigenvalue weighted by Gasteiger charge is -2.27. The summed E-state index contributed by atoms with van der Waals surface area (Å²) in [5.41, 5.74) is 4.40. The van der Waals surface area contributed by atoms with Crippen LogP contribution in [0.2, 0.25) is 0 Å². The van der Waals surface area contributed by atoms with E-state index in [1.807, 2.05) is 35.2 Å². The highest BCUT2D eigenvalue weighted by atomic mass is 16.6. The van der Waals surface area contributed by atoms with Crippen molar-refractivity contribution in [3.05, 3.63) is 70.3 Å². The van der Waals surface area contributed by atoms with Gasteiger partial charge in [-0.05, 0) is 17.7 Å². The molecule has 0 radical (unpaired) electrons. The Morgan fingerprint density at radius 2 is 1.71 bits per heavy atom. The molecule has 0 spiro atoms. The van der Waals surface area contributed by atoms with Crippen molar-refractivity contribution < 1.29 is 9.66 Å². The normalized spacial score (nSPS) is 13.9. The van der Waals surface area contributed by atoms with E-state index in [4.69, 9.17) is 4.74 Å². The Kier molecular flexibility index (Phi) is 6.24. The highest BCUT2D eigenvalue weighted by molar-refractivity contribution is 5.79. The zero-order valence-corrected chi connectivity index (χ0v) is 16.5. The van der Waals surface area contributed by atoms with E-state index in [9.17, 15) is 10.1 Å². The Morgan fingerprint density at radius 3 is 2.42 bits per heavy atom. The van der Waals surface area contributed by atoms with E-state index in [0.29, 0.717) is 43.9 Å². The molecule has 11 heteroatoms. The zero-order chi connectivity index (χ0) is 21.5. The van der Waals surface area contributed by atoms with Gasteiger partial charge in [-0.25, -0.2) is 5.43 Å². The zero-order valence-electron chi connectivity index (χ0n) is 16.5. The molecule has 1 saturated heterocycles. The molecule has 1 aromatic heterocycles. The summed E-state index contributed by atoms with van der Waals surface area (Å²) in [5, 5.41) is 18.1. The summed E-state index contributed by atoms with van der Waals surface area (Å²) in [6.07, 6.45) is 1.67. The molecule has 158 valence electrons. The molecule has 31 heavy (non-hydrogen) atoms. The number of nitro benzene ring substituents is 1. The molecule has 0 aliphatic carbocycles. The van der Waals surface area contributed by atoms with Crippen LogP contribution < -0.4 is 15.6 Å². The van der Waals surface area contributed by atoms with Gasteiger partial charge in [-0.1, -0.05) is 30.3 Å². The van der Waals surface area contributed by atoms with Crippen molar-refractivity contribution in [1.29, 1.82) is 0 Å². The van der Waals surface area contributed by atoms with Gasteiger partial charge in [0.2, 0.25) is 17.8 Å². The molecule has 0 saturated carbocycles. The lowest BCUT2D eigenvalue weighted by molar-refractivity contribution is -0.384. The van der Waals surface area contributed by atoms with Gasteiger partial charge in [-0.3, -0.25) is 10.1 Å². The average Bonchev–Trinajstić information content (AvgIpc) is 2.81. The number of hydrogen-bond donors (Lipinski definition) is 2. The van der Waals surface area contributed by atoms with Crippen molar-refractivity contribution in [3.8, 4) is 0 Å². The van der Waals surface area contributed by atoms with Crippen molar-refractivity contribution in [3.63, 3.8) is 0 Å². The first-order chi connectivity index (χ1) is 15.2. The fourth-order valence-corrected chi connectivity index (χ4v) is 2.87. The van der Waals surface area contributed by atoms with Gasteiger partial charge in [0.1, 0.15) is 0 Å². The molecular weight excluding hydrogens is 400 g/mol. The third-order valence-corrected chi connectivity index (χ3v) is 4.43. The summed E-state index contributed by atoms with van der Waals surface area (Å²) in [6, 6.07) is 15.7. The molecule has 0 amide bonds. The Morgan fingerprint density at radius 1 is 1.00 bits per heavy atom. The lowest BCUT2D eigenvalue weighted by Crippen LogP contribution is -2.37. The molecule has 11 nitrogen and oxygen atoms in total. The summed E-state index contributed by atoms with van der Waals surface area (Å²) in [5.74, 6) is 1.05. The maximum absolute atomic E-state index is 10.9. The number of non-ortho nitro benzene ring substituents is 1. The first kappa shape index (κ1) is 20.2. The molecule has 2 N–H and O–H groups in total. The topological polar surface area (TPSA) is 131 Å². The summed E-state index contributed by atoms with van der Waals surface area (Å²) in [4.78, 5) is 25.7. The van der Waals surface area contributed by atoms with Crippen molar-refractivity contribution in [2.75, 3.05) is 41.9 Å². The van der Waals surface area contributed by atoms with Crippen molar-refractivity contribution in [1.82, 2.24) is 15.0 Å². The molecule has 0 atom stereocenters. The fraction of sp³-hybridized carbons (Fsp3) is 0.200. The molecule has 4 rings (SSSR count). The Hall–Kier alpha value is -4.12. The number of hydrazone groups is 1. The SMILES string of the molecule is O=[N+]([O-])c1ccc(Nc2nc(N/N=C\c3ccccc3)nc(N3CCOCC3)n2)cc1. The molecule has 1 aliphatic heterocycles. The van der Waals surface area contributed by atoms with Crippen LogP contribution in [0.4, 0.5) is 29.2 Å².